The van der Waals surface area contributed by atoms with Gasteiger partial charge < -0.3 is 15.0 Å². The van der Waals surface area contributed by atoms with E-state index < -0.39 is 23.8 Å². The molecule has 1 N–H and O–H groups in total. The number of rotatable bonds is 2. The summed E-state index contributed by atoms with van der Waals surface area (Å²) in [6.07, 6.45) is 4.07. The third-order valence-electron chi connectivity index (χ3n) is 8.68. The van der Waals surface area contributed by atoms with Crippen molar-refractivity contribution in [2.75, 3.05) is 18.0 Å². The molecule has 0 unspecified atom stereocenters. The van der Waals surface area contributed by atoms with E-state index in [1.54, 1.807) is 4.68 Å². The molecule has 1 fully saturated rings. The second kappa shape index (κ2) is 10.9. The van der Waals surface area contributed by atoms with Gasteiger partial charge in [0.15, 0.2) is 11.5 Å². The van der Waals surface area contributed by atoms with Crippen molar-refractivity contribution in [3.05, 3.63) is 90.3 Å². The predicted molar refractivity (Wildman–Crippen MR) is 164 cm³/mol. The average molecular weight is 625 g/mol. The summed E-state index contributed by atoms with van der Waals surface area (Å²) in [5.74, 6) is -1.03. The molecule has 4 bridgehead atoms. The molecule has 2 atom stereocenters. The lowest BCUT2D eigenvalue weighted by Gasteiger charge is -2.25. The number of hydrogen-bond donors (Lipinski definition) is 1. The number of carbonyl (C=O) groups excluding carboxylic acids is 1. The molecule has 10 nitrogen and oxygen atoms in total. The van der Waals surface area contributed by atoms with Gasteiger partial charge in [-0.2, -0.15) is 10.2 Å². The lowest BCUT2D eigenvalue weighted by atomic mass is 9.98. The Morgan fingerprint density at radius 3 is 2.78 bits per heavy atom. The summed E-state index contributed by atoms with van der Waals surface area (Å²) in [6, 6.07) is 13.1. The van der Waals surface area contributed by atoms with Crippen LogP contribution in [0.5, 0.6) is 5.75 Å². The summed E-state index contributed by atoms with van der Waals surface area (Å²) < 4.78 is 52.6. The lowest BCUT2D eigenvalue weighted by molar-refractivity contribution is -0.122. The van der Waals surface area contributed by atoms with Crippen molar-refractivity contribution in [1.29, 1.82) is 0 Å². The molecule has 0 spiro atoms. The monoisotopic (exact) mass is 624 g/mol. The molecule has 46 heavy (non-hydrogen) atoms. The number of aromatic nitrogens is 6. The molecule has 5 heterocycles. The van der Waals surface area contributed by atoms with Crippen LogP contribution in [0.25, 0.3) is 38.8 Å². The minimum absolute atomic E-state index is 0.0337. The fourth-order valence-electron chi connectivity index (χ4n) is 6.64. The van der Waals surface area contributed by atoms with Crippen molar-refractivity contribution in [2.24, 2.45) is 7.05 Å². The first kappa shape index (κ1) is 28.0. The zero-order valence-electron chi connectivity index (χ0n) is 24.6. The fourth-order valence-corrected chi connectivity index (χ4v) is 6.64. The van der Waals surface area contributed by atoms with E-state index in [4.69, 9.17) is 4.74 Å². The van der Waals surface area contributed by atoms with Crippen LogP contribution in [-0.2, 0) is 18.3 Å². The van der Waals surface area contributed by atoms with Crippen molar-refractivity contribution in [3.8, 4) is 22.6 Å². The second-order valence-electron chi connectivity index (χ2n) is 11.6. The number of amides is 1. The molecule has 1 saturated heterocycles. The number of nitrogens with one attached hydrogen (secondary N) is 1. The smallest absolute Gasteiger partial charge is 0.242 e. The number of anilines is 1. The molecule has 3 aromatic carbocycles. The third kappa shape index (κ3) is 4.70. The van der Waals surface area contributed by atoms with E-state index in [1.807, 2.05) is 36.2 Å². The number of ether oxygens (including phenoxy) is 1. The normalized spacial score (nSPS) is 18.3. The summed E-state index contributed by atoms with van der Waals surface area (Å²) in [5, 5.41) is 13.4. The zero-order chi connectivity index (χ0) is 31.5. The maximum absolute atomic E-state index is 14.8. The van der Waals surface area contributed by atoms with Crippen LogP contribution < -0.4 is 15.0 Å². The van der Waals surface area contributed by atoms with Gasteiger partial charge in [0.1, 0.15) is 47.4 Å². The molecule has 2 aliphatic rings. The van der Waals surface area contributed by atoms with E-state index in [1.165, 1.54) is 35.4 Å². The first-order valence-electron chi connectivity index (χ1n) is 14.9. The number of fused-ring (bicyclic) bond motifs is 6. The Balaban J connectivity index is 1.18. The van der Waals surface area contributed by atoms with Gasteiger partial charge in [0, 0.05) is 43.2 Å². The molecule has 0 aliphatic carbocycles. The molecule has 0 radical (unpaired) electrons. The van der Waals surface area contributed by atoms with Crippen molar-refractivity contribution in [2.45, 2.75) is 31.4 Å². The van der Waals surface area contributed by atoms with E-state index in [2.05, 4.69) is 25.5 Å². The van der Waals surface area contributed by atoms with Crippen LogP contribution in [0, 0.1) is 17.5 Å². The van der Waals surface area contributed by atoms with E-state index in [-0.39, 0.29) is 17.4 Å². The van der Waals surface area contributed by atoms with Gasteiger partial charge in [-0.05, 0) is 54.3 Å². The van der Waals surface area contributed by atoms with Crippen LogP contribution in [0.3, 0.4) is 0 Å². The van der Waals surface area contributed by atoms with Crippen molar-refractivity contribution < 1.29 is 22.7 Å². The topological polar surface area (TPSA) is 103 Å². The van der Waals surface area contributed by atoms with E-state index in [0.717, 1.165) is 34.3 Å². The van der Waals surface area contributed by atoms with Crippen molar-refractivity contribution in [3.63, 3.8) is 0 Å². The largest absolute Gasteiger partial charge is 0.488 e. The Labute approximate surface area is 260 Å². The maximum Gasteiger partial charge on any atom is 0.242 e. The minimum atomic E-state index is -0.787. The van der Waals surface area contributed by atoms with Gasteiger partial charge in [0.25, 0.3) is 0 Å². The van der Waals surface area contributed by atoms with Gasteiger partial charge in [-0.3, -0.25) is 9.48 Å². The number of carbonyl (C=O) groups is 1. The van der Waals surface area contributed by atoms with Crippen LogP contribution in [0.2, 0.25) is 0 Å². The number of benzene rings is 3. The van der Waals surface area contributed by atoms with Crippen LogP contribution in [-0.4, -0.2) is 60.7 Å². The van der Waals surface area contributed by atoms with Crippen LogP contribution >= 0.6 is 0 Å². The molecular weight excluding hydrogens is 597 g/mol. The molecule has 13 heteroatoms. The molecule has 6 aromatic rings. The van der Waals surface area contributed by atoms with Gasteiger partial charge in [-0.1, -0.05) is 12.1 Å². The van der Waals surface area contributed by atoms with Gasteiger partial charge in [0.05, 0.1) is 23.6 Å². The molecule has 232 valence electrons. The molecule has 0 saturated carbocycles. The average Bonchev–Trinajstić information content (AvgIpc) is 3.74. The second-order valence-corrected chi connectivity index (χ2v) is 11.6. The molecule has 8 rings (SSSR count). The molecular formula is C33H27F3N8O2. The first-order valence-corrected chi connectivity index (χ1v) is 14.9. The highest BCUT2D eigenvalue weighted by atomic mass is 19.1. The summed E-state index contributed by atoms with van der Waals surface area (Å²) in [6.45, 7) is 0.730. The third-order valence-corrected chi connectivity index (χ3v) is 8.68. The number of nitrogens with zero attached hydrogens (tertiary/aromatic N) is 7. The zero-order valence-corrected chi connectivity index (χ0v) is 24.6. The van der Waals surface area contributed by atoms with Gasteiger partial charge >= 0.3 is 0 Å². The quantitative estimate of drug-likeness (QED) is 0.293. The summed E-state index contributed by atoms with van der Waals surface area (Å²) in [5.41, 5.74) is 3.38. The standard InChI is InChI=1S/C33H27F3N8O2/c1-42-28-6-3-9-37-33(45)29-14-22(46-21-5-2-4-18(10-21)23-11-20(35)13-26(41-42)30(23)28)16-43(29)31-24-15-40-44(32(24)39-17-38-31)27-8-7-19(34)12-25(27)36/h2,4-5,7-8,10-13,15,17,22,29H,3,6,9,14,16H2,1H3,(H,37,45)/t22-,29-/m0/s1. The Hall–Kier alpha value is -5.46. The Bertz CT molecular complexity index is 2160. The number of hydrogen-bond acceptors (Lipinski definition) is 7. The van der Waals surface area contributed by atoms with Crippen LogP contribution in [0.15, 0.2) is 67.1 Å². The predicted octanol–water partition coefficient (Wildman–Crippen LogP) is 4.88. The Kier molecular flexibility index (Phi) is 6.62. The highest BCUT2D eigenvalue weighted by Gasteiger charge is 2.40. The van der Waals surface area contributed by atoms with Crippen molar-refractivity contribution >= 4 is 33.7 Å². The van der Waals surface area contributed by atoms with Crippen LogP contribution in [0.1, 0.15) is 18.5 Å². The molecule has 3 aromatic heterocycles. The van der Waals surface area contributed by atoms with Crippen LogP contribution in [0.4, 0.5) is 19.0 Å². The molecule has 2 aliphatic heterocycles. The SMILES string of the molecule is Cn1nc2cc(F)cc3c2c1CCCNC(=O)[C@@H]1C[C@@H](CN1c1ncnc2c1cnn2-c1ccc(F)cc1F)Oc1cccc-3c1. The Morgan fingerprint density at radius 2 is 1.91 bits per heavy atom. The van der Waals surface area contributed by atoms with E-state index in [9.17, 15) is 18.0 Å². The maximum atomic E-state index is 14.8. The summed E-state index contributed by atoms with van der Waals surface area (Å²) >= 11 is 0. The number of aryl methyl sites for hydroxylation is 2. The van der Waals surface area contributed by atoms with Crippen molar-refractivity contribution in [1.82, 2.24) is 34.8 Å². The van der Waals surface area contributed by atoms with Gasteiger partial charge in [-0.25, -0.2) is 27.8 Å². The highest BCUT2D eigenvalue weighted by molar-refractivity contribution is 5.97. The first-order chi connectivity index (χ1) is 22.3. The lowest BCUT2D eigenvalue weighted by Crippen LogP contribution is -2.44. The number of halogens is 3. The Morgan fingerprint density at radius 1 is 1.02 bits per heavy atom. The highest BCUT2D eigenvalue weighted by Crippen LogP contribution is 2.36. The minimum Gasteiger partial charge on any atom is -0.488 e. The summed E-state index contributed by atoms with van der Waals surface area (Å²) in [7, 11) is 1.84. The van der Waals surface area contributed by atoms with Gasteiger partial charge in [-0.15, -0.1) is 0 Å². The fraction of sp³-hybridized carbons (Fsp3) is 0.242. The van der Waals surface area contributed by atoms with E-state index >= 15 is 0 Å². The molecule has 1 amide bonds. The van der Waals surface area contributed by atoms with E-state index in [0.29, 0.717) is 60.5 Å². The summed E-state index contributed by atoms with van der Waals surface area (Å²) in [4.78, 5) is 24.5. The van der Waals surface area contributed by atoms with Gasteiger partial charge in [0.2, 0.25) is 5.91 Å².